The Bertz CT molecular complexity index is 223. The number of halogens is 1. The minimum absolute atomic E-state index is 0.235. The van der Waals surface area contributed by atoms with Crippen LogP contribution in [0.15, 0.2) is 11.4 Å². The van der Waals surface area contributed by atoms with Gasteiger partial charge in [-0.1, -0.05) is 6.92 Å². The molecule has 3 nitrogen and oxygen atoms in total. The number of esters is 1. The second-order valence-electron chi connectivity index (χ2n) is 3.31. The van der Waals surface area contributed by atoms with E-state index in [0.717, 1.165) is 0 Å². The molecule has 4 heteroatoms. The van der Waals surface area contributed by atoms with Crippen LogP contribution in [-0.2, 0) is 9.53 Å². The summed E-state index contributed by atoms with van der Waals surface area (Å²) < 4.78 is 17.3. The molecule has 14 heavy (non-hydrogen) atoms. The molecule has 0 aromatic carbocycles. The number of aliphatic hydroxyl groups excluding tert-OH is 1. The number of rotatable bonds is 5. The zero-order valence-corrected chi connectivity index (χ0v) is 8.84. The largest absolute Gasteiger partial charge is 0.469 e. The molecule has 0 spiro atoms. The summed E-state index contributed by atoms with van der Waals surface area (Å²) in [4.78, 5) is 11.0. The molecule has 0 aromatic rings. The van der Waals surface area contributed by atoms with Crippen LogP contribution in [0.4, 0.5) is 4.39 Å². The number of methoxy groups -OCH3 is 1. The predicted octanol–water partition coefficient (Wildman–Crippen LogP) is 1.81. The molecule has 0 aliphatic heterocycles. The summed E-state index contributed by atoms with van der Waals surface area (Å²) in [7, 11) is 1.33. The number of carbonyl (C=O) groups excluding carboxylic acids is 1. The molecular formula is C10H17FO3. The number of aliphatic hydroxyl groups is 1. The maximum Gasteiger partial charge on any atom is 0.308 e. The van der Waals surface area contributed by atoms with Crippen molar-refractivity contribution in [3.05, 3.63) is 11.4 Å². The first-order chi connectivity index (χ1) is 6.52. The van der Waals surface area contributed by atoms with Crippen molar-refractivity contribution in [3.63, 3.8) is 0 Å². The van der Waals surface area contributed by atoms with E-state index in [9.17, 15) is 9.18 Å². The van der Waals surface area contributed by atoms with Crippen LogP contribution in [0.5, 0.6) is 0 Å². The lowest BCUT2D eigenvalue weighted by atomic mass is 10.0. The fourth-order valence-electron chi connectivity index (χ4n) is 1.02. The van der Waals surface area contributed by atoms with Gasteiger partial charge >= 0.3 is 5.97 Å². The Kier molecular flexibility index (Phi) is 6.12. The van der Waals surface area contributed by atoms with Gasteiger partial charge in [0.15, 0.2) is 0 Å². The maximum atomic E-state index is 12.8. The molecule has 0 aromatic heterocycles. The second-order valence-corrected chi connectivity index (χ2v) is 3.31. The fourth-order valence-corrected chi connectivity index (χ4v) is 1.02. The predicted molar refractivity (Wildman–Crippen MR) is 51.3 cm³/mol. The molecule has 0 heterocycles. The van der Waals surface area contributed by atoms with E-state index < -0.39 is 12.4 Å². The summed E-state index contributed by atoms with van der Waals surface area (Å²) in [6.45, 7) is 2.77. The van der Waals surface area contributed by atoms with E-state index in [-0.39, 0.29) is 11.9 Å². The van der Waals surface area contributed by atoms with Crippen molar-refractivity contribution in [1.82, 2.24) is 0 Å². The molecule has 1 N–H and O–H groups in total. The lowest BCUT2D eigenvalue weighted by Gasteiger charge is -2.09. The van der Waals surface area contributed by atoms with Crippen LogP contribution < -0.4 is 0 Å². The quantitative estimate of drug-likeness (QED) is 0.695. The van der Waals surface area contributed by atoms with Gasteiger partial charge in [0, 0.05) is 0 Å². The third-order valence-corrected chi connectivity index (χ3v) is 2.16. The summed E-state index contributed by atoms with van der Waals surface area (Å²) in [5.41, 5.74) is 0.489. The van der Waals surface area contributed by atoms with Crippen molar-refractivity contribution >= 4 is 5.97 Å². The summed E-state index contributed by atoms with van der Waals surface area (Å²) in [5.74, 6) is -1.04. The highest BCUT2D eigenvalue weighted by atomic mass is 19.1. The molecule has 0 aliphatic rings. The average Bonchev–Trinajstić information content (AvgIpc) is 2.22. The Morgan fingerprint density at radius 3 is 2.57 bits per heavy atom. The van der Waals surface area contributed by atoms with E-state index >= 15 is 0 Å². The topological polar surface area (TPSA) is 46.5 Å². The number of hydrogen-bond donors (Lipinski definition) is 1. The van der Waals surface area contributed by atoms with Gasteiger partial charge in [0.1, 0.15) is 5.83 Å². The molecule has 0 radical (unpaired) electrons. The van der Waals surface area contributed by atoms with Crippen molar-refractivity contribution < 1.29 is 19.0 Å². The first kappa shape index (κ1) is 13.1. The van der Waals surface area contributed by atoms with Gasteiger partial charge in [-0.25, -0.2) is 4.39 Å². The van der Waals surface area contributed by atoms with Crippen molar-refractivity contribution in [3.8, 4) is 0 Å². The standard InChI is InChI=1S/C10H17FO3/c1-7(9(11)6-12)4-5-8(2)10(13)14-3/h8,12H,4-6H2,1-3H3. The minimum Gasteiger partial charge on any atom is -0.469 e. The Balaban J connectivity index is 4.00. The van der Waals surface area contributed by atoms with Gasteiger partial charge in [0.2, 0.25) is 0 Å². The molecule has 1 unspecified atom stereocenters. The Morgan fingerprint density at radius 1 is 1.57 bits per heavy atom. The van der Waals surface area contributed by atoms with E-state index in [0.29, 0.717) is 18.4 Å². The molecule has 0 fully saturated rings. The summed E-state index contributed by atoms with van der Waals surface area (Å²) in [6, 6.07) is 0. The van der Waals surface area contributed by atoms with Crippen LogP contribution in [-0.4, -0.2) is 24.8 Å². The molecule has 0 aliphatic carbocycles. The highest BCUT2D eigenvalue weighted by Crippen LogP contribution is 2.16. The first-order valence-corrected chi connectivity index (χ1v) is 4.55. The van der Waals surface area contributed by atoms with Crippen molar-refractivity contribution in [2.24, 2.45) is 5.92 Å². The lowest BCUT2D eigenvalue weighted by molar-refractivity contribution is -0.145. The molecule has 0 amide bonds. The number of allylic oxidation sites excluding steroid dienone is 1. The van der Waals surface area contributed by atoms with Crippen molar-refractivity contribution in [1.29, 1.82) is 0 Å². The number of carbonyl (C=O) groups is 1. The van der Waals surface area contributed by atoms with Crippen LogP contribution in [0, 0.1) is 5.92 Å². The van der Waals surface area contributed by atoms with E-state index in [2.05, 4.69) is 4.74 Å². The highest BCUT2D eigenvalue weighted by Gasteiger charge is 2.13. The molecule has 0 saturated carbocycles. The summed E-state index contributed by atoms with van der Waals surface area (Å²) in [5, 5.41) is 8.50. The van der Waals surface area contributed by atoms with Gasteiger partial charge in [0.05, 0.1) is 19.6 Å². The molecule has 0 bridgehead atoms. The highest BCUT2D eigenvalue weighted by molar-refractivity contribution is 5.71. The monoisotopic (exact) mass is 204 g/mol. The Hall–Kier alpha value is -0.900. The van der Waals surface area contributed by atoms with Crippen molar-refractivity contribution in [2.45, 2.75) is 26.7 Å². The first-order valence-electron chi connectivity index (χ1n) is 4.55. The van der Waals surface area contributed by atoms with E-state index in [1.165, 1.54) is 7.11 Å². The summed E-state index contributed by atoms with van der Waals surface area (Å²) in [6.07, 6.45) is 0.995. The Labute approximate surface area is 83.6 Å². The van der Waals surface area contributed by atoms with Crippen LogP contribution in [0.2, 0.25) is 0 Å². The van der Waals surface area contributed by atoms with Crippen LogP contribution >= 0.6 is 0 Å². The molecular weight excluding hydrogens is 187 g/mol. The lowest BCUT2D eigenvalue weighted by Crippen LogP contribution is -2.12. The third kappa shape index (κ3) is 4.37. The van der Waals surface area contributed by atoms with Gasteiger partial charge in [-0.2, -0.15) is 0 Å². The minimum atomic E-state index is -0.571. The Morgan fingerprint density at radius 2 is 2.14 bits per heavy atom. The molecule has 82 valence electrons. The second kappa shape index (κ2) is 6.54. The van der Waals surface area contributed by atoms with Crippen molar-refractivity contribution in [2.75, 3.05) is 13.7 Å². The van der Waals surface area contributed by atoms with E-state index in [1.54, 1.807) is 13.8 Å². The van der Waals surface area contributed by atoms with Crippen LogP contribution in [0.3, 0.4) is 0 Å². The number of hydrogen-bond acceptors (Lipinski definition) is 3. The van der Waals surface area contributed by atoms with Gasteiger partial charge < -0.3 is 9.84 Å². The average molecular weight is 204 g/mol. The van der Waals surface area contributed by atoms with Gasteiger partial charge in [-0.05, 0) is 25.3 Å². The normalized spacial score (nSPS) is 14.6. The van der Waals surface area contributed by atoms with Gasteiger partial charge in [-0.15, -0.1) is 0 Å². The van der Waals surface area contributed by atoms with E-state index in [1.807, 2.05) is 0 Å². The maximum absolute atomic E-state index is 12.8. The van der Waals surface area contributed by atoms with Gasteiger partial charge in [0.25, 0.3) is 0 Å². The zero-order chi connectivity index (χ0) is 11.1. The van der Waals surface area contributed by atoms with Crippen LogP contribution in [0.25, 0.3) is 0 Å². The third-order valence-electron chi connectivity index (χ3n) is 2.16. The fraction of sp³-hybridized carbons (Fsp3) is 0.700. The van der Waals surface area contributed by atoms with Gasteiger partial charge in [-0.3, -0.25) is 4.79 Å². The summed E-state index contributed by atoms with van der Waals surface area (Å²) >= 11 is 0. The molecule has 0 rings (SSSR count). The SMILES string of the molecule is COC(=O)C(C)CCC(C)=C(F)CO. The van der Waals surface area contributed by atoms with Crippen LogP contribution in [0.1, 0.15) is 26.7 Å². The number of ether oxygens (including phenoxy) is 1. The molecule has 0 saturated heterocycles. The smallest absolute Gasteiger partial charge is 0.308 e. The van der Waals surface area contributed by atoms with E-state index in [4.69, 9.17) is 5.11 Å². The molecule has 1 atom stereocenters. The zero-order valence-electron chi connectivity index (χ0n) is 8.84.